The van der Waals surface area contributed by atoms with Gasteiger partial charge in [0.1, 0.15) is 40.8 Å². The van der Waals surface area contributed by atoms with Crippen molar-refractivity contribution in [1.29, 1.82) is 0 Å². The summed E-state index contributed by atoms with van der Waals surface area (Å²) < 4.78 is 17.8. The van der Waals surface area contributed by atoms with Crippen LogP contribution >= 0.6 is 0 Å². The first-order valence-electron chi connectivity index (χ1n) is 15.9. The van der Waals surface area contributed by atoms with Gasteiger partial charge in [-0.2, -0.15) is 10.2 Å². The second kappa shape index (κ2) is 12.8. The van der Waals surface area contributed by atoms with Crippen LogP contribution in [0.5, 0.6) is 29.0 Å². The molecule has 2 fully saturated rings. The topological polar surface area (TPSA) is 180 Å². The minimum atomic E-state index is -0.993. The lowest BCUT2D eigenvalue weighted by Gasteiger charge is -2.36. The molecule has 250 valence electrons. The number of imide groups is 2. The molecule has 5 aromatic rings. The number of amides is 4. The second-order valence-electron chi connectivity index (χ2n) is 11.9. The highest BCUT2D eigenvalue weighted by atomic mass is 16.5. The SMILES string of the molecule is O=C1CCC(N2C(=O)c3ccc(NC4CC(Oc5ccc(Oc6ccc(Oc7ncc(-n8nccn8)cn7)cc6)cc5)C4)cc3C2=O)C(=O)N1. The van der Waals surface area contributed by atoms with Crippen molar-refractivity contribution in [3.05, 3.63) is 103 Å². The van der Waals surface area contributed by atoms with Gasteiger partial charge in [-0.25, -0.2) is 9.97 Å². The van der Waals surface area contributed by atoms with E-state index in [4.69, 9.17) is 14.2 Å². The zero-order valence-corrected chi connectivity index (χ0v) is 26.3. The van der Waals surface area contributed by atoms with Gasteiger partial charge >= 0.3 is 6.01 Å². The van der Waals surface area contributed by atoms with Crippen LogP contribution in [-0.4, -0.2) is 71.7 Å². The standard InChI is InChI=1S/C35H28N8O7/c44-31-12-11-30(32(45)41-31)42-33(46)28-10-1-20(17-29(28)34(42)47)40-21-15-27(16-21)49-25-4-2-23(3-5-25)48-24-6-8-26(9-7-24)50-35-36-18-22(19-37-35)43-38-13-14-39-43/h1-10,13-14,17-19,21,27,30,40H,11-12,15-16H2,(H,41,44,45). The number of carbonyl (C=O) groups excluding carboxylic acids is 4. The van der Waals surface area contributed by atoms with Crippen LogP contribution in [0.4, 0.5) is 5.69 Å². The molecule has 50 heavy (non-hydrogen) atoms. The van der Waals surface area contributed by atoms with Crippen molar-refractivity contribution in [1.82, 2.24) is 35.2 Å². The molecule has 3 aliphatic rings. The van der Waals surface area contributed by atoms with Gasteiger partial charge in [-0.05, 0) is 73.2 Å². The van der Waals surface area contributed by atoms with E-state index >= 15 is 0 Å². The van der Waals surface area contributed by atoms with E-state index in [-0.39, 0.29) is 42.1 Å². The van der Waals surface area contributed by atoms with Crippen molar-refractivity contribution in [2.45, 2.75) is 43.9 Å². The number of carbonyl (C=O) groups is 4. The summed E-state index contributed by atoms with van der Waals surface area (Å²) in [4.78, 5) is 60.7. The van der Waals surface area contributed by atoms with Gasteiger partial charge in [-0.15, -0.1) is 4.80 Å². The smallest absolute Gasteiger partial charge is 0.322 e. The summed E-state index contributed by atoms with van der Waals surface area (Å²) in [5, 5.41) is 13.7. The van der Waals surface area contributed by atoms with Crippen molar-refractivity contribution >= 4 is 29.3 Å². The summed E-state index contributed by atoms with van der Waals surface area (Å²) in [6.45, 7) is 0. The van der Waals surface area contributed by atoms with Gasteiger partial charge in [0.2, 0.25) is 11.8 Å². The molecule has 15 nitrogen and oxygen atoms in total. The molecule has 1 atom stereocenters. The highest BCUT2D eigenvalue weighted by Crippen LogP contribution is 2.34. The van der Waals surface area contributed by atoms with Crippen LogP contribution in [0.15, 0.2) is 91.5 Å². The van der Waals surface area contributed by atoms with Gasteiger partial charge in [-0.3, -0.25) is 29.4 Å². The Kier molecular flexibility index (Phi) is 7.83. The van der Waals surface area contributed by atoms with E-state index in [2.05, 4.69) is 30.8 Å². The van der Waals surface area contributed by atoms with Gasteiger partial charge in [0.05, 0.1) is 35.9 Å². The summed E-state index contributed by atoms with van der Waals surface area (Å²) in [5.74, 6) is 0.439. The fourth-order valence-corrected chi connectivity index (χ4v) is 5.99. The maximum atomic E-state index is 13.1. The van der Waals surface area contributed by atoms with Crippen LogP contribution in [-0.2, 0) is 9.59 Å². The van der Waals surface area contributed by atoms with E-state index in [0.717, 1.165) is 17.7 Å². The number of hydrogen-bond donors (Lipinski definition) is 2. The molecule has 1 unspecified atom stereocenters. The van der Waals surface area contributed by atoms with Gasteiger partial charge in [0.15, 0.2) is 0 Å². The van der Waals surface area contributed by atoms with Crippen LogP contribution in [0.25, 0.3) is 5.69 Å². The Hall–Kier alpha value is -6.64. The molecule has 2 aliphatic heterocycles. The molecule has 15 heteroatoms. The number of nitrogens with zero attached hydrogens (tertiary/aromatic N) is 6. The number of rotatable bonds is 10. The monoisotopic (exact) mass is 672 g/mol. The number of anilines is 1. The van der Waals surface area contributed by atoms with E-state index in [1.807, 2.05) is 24.3 Å². The van der Waals surface area contributed by atoms with E-state index < -0.39 is 29.7 Å². The highest BCUT2D eigenvalue weighted by molar-refractivity contribution is 6.23. The quantitative estimate of drug-likeness (QED) is 0.204. The Balaban J connectivity index is 0.799. The minimum absolute atomic E-state index is 0.00914. The van der Waals surface area contributed by atoms with Crippen LogP contribution in [0.1, 0.15) is 46.4 Å². The molecule has 2 N–H and O–H groups in total. The first-order chi connectivity index (χ1) is 24.4. The molecule has 8 rings (SSSR count). The number of fused-ring (bicyclic) bond motifs is 1. The van der Waals surface area contributed by atoms with E-state index in [9.17, 15) is 19.2 Å². The molecule has 1 aliphatic carbocycles. The lowest BCUT2D eigenvalue weighted by molar-refractivity contribution is -0.136. The summed E-state index contributed by atoms with van der Waals surface area (Å²) >= 11 is 0. The highest BCUT2D eigenvalue weighted by Gasteiger charge is 2.44. The average molecular weight is 673 g/mol. The Morgan fingerprint density at radius 2 is 1.36 bits per heavy atom. The molecule has 0 radical (unpaired) electrons. The van der Waals surface area contributed by atoms with Gasteiger partial charge in [-0.1, -0.05) is 0 Å². The maximum absolute atomic E-state index is 13.1. The van der Waals surface area contributed by atoms with Crippen LogP contribution in [0.2, 0.25) is 0 Å². The first-order valence-corrected chi connectivity index (χ1v) is 15.9. The van der Waals surface area contributed by atoms with Gasteiger partial charge in [0, 0.05) is 31.0 Å². The van der Waals surface area contributed by atoms with E-state index in [1.165, 1.54) is 4.80 Å². The number of piperidine rings is 1. The van der Waals surface area contributed by atoms with E-state index in [1.54, 1.807) is 67.3 Å². The number of benzene rings is 3. The molecule has 4 heterocycles. The third kappa shape index (κ3) is 6.19. The summed E-state index contributed by atoms with van der Waals surface area (Å²) in [5.41, 5.74) is 1.80. The largest absolute Gasteiger partial charge is 0.490 e. The number of aromatic nitrogens is 5. The lowest BCUT2D eigenvalue weighted by Crippen LogP contribution is -2.54. The normalized spacial score (nSPS) is 19.8. The molecule has 3 aromatic carbocycles. The molecule has 2 aromatic heterocycles. The lowest BCUT2D eigenvalue weighted by atomic mass is 9.89. The Labute approximate surface area is 284 Å². The van der Waals surface area contributed by atoms with Crippen molar-refractivity contribution < 1.29 is 33.4 Å². The molecule has 0 spiro atoms. The fourth-order valence-electron chi connectivity index (χ4n) is 5.99. The average Bonchev–Trinajstić information content (AvgIpc) is 3.73. The van der Waals surface area contributed by atoms with Crippen molar-refractivity contribution in [3.8, 4) is 34.7 Å². The van der Waals surface area contributed by atoms with Crippen molar-refractivity contribution in [2.75, 3.05) is 5.32 Å². The number of nitrogens with one attached hydrogen (secondary N) is 2. The van der Waals surface area contributed by atoms with Crippen molar-refractivity contribution in [3.63, 3.8) is 0 Å². The van der Waals surface area contributed by atoms with Crippen LogP contribution < -0.4 is 24.8 Å². The Morgan fingerprint density at radius 1 is 0.740 bits per heavy atom. The molecular formula is C35H28N8O7. The zero-order chi connectivity index (χ0) is 34.2. The van der Waals surface area contributed by atoms with Gasteiger partial charge < -0.3 is 19.5 Å². The maximum Gasteiger partial charge on any atom is 0.322 e. The molecule has 1 saturated carbocycles. The minimum Gasteiger partial charge on any atom is -0.490 e. The van der Waals surface area contributed by atoms with Crippen molar-refractivity contribution in [2.24, 2.45) is 0 Å². The van der Waals surface area contributed by atoms with Gasteiger partial charge in [0.25, 0.3) is 11.8 Å². The Morgan fingerprint density at radius 3 is 2.02 bits per heavy atom. The zero-order valence-electron chi connectivity index (χ0n) is 26.3. The second-order valence-corrected chi connectivity index (χ2v) is 11.9. The first kappa shape index (κ1) is 30.7. The number of ether oxygens (including phenoxy) is 3. The Bertz CT molecular complexity index is 2080. The third-order valence-corrected chi connectivity index (χ3v) is 8.56. The molecule has 1 saturated heterocycles. The van der Waals surface area contributed by atoms with Crippen LogP contribution in [0, 0.1) is 0 Å². The van der Waals surface area contributed by atoms with Crippen LogP contribution in [0.3, 0.4) is 0 Å². The molecular weight excluding hydrogens is 644 g/mol. The third-order valence-electron chi connectivity index (χ3n) is 8.56. The fraction of sp³-hybridized carbons (Fsp3) is 0.200. The predicted molar refractivity (Wildman–Crippen MR) is 174 cm³/mol. The summed E-state index contributed by atoms with van der Waals surface area (Å²) in [7, 11) is 0. The van der Waals surface area contributed by atoms with E-state index in [0.29, 0.717) is 34.4 Å². The predicted octanol–water partition coefficient (Wildman–Crippen LogP) is 4.07. The molecule has 0 bridgehead atoms. The number of hydrogen-bond acceptors (Lipinski definition) is 12. The summed E-state index contributed by atoms with van der Waals surface area (Å²) in [6.07, 6.45) is 7.97. The molecule has 4 amide bonds. The summed E-state index contributed by atoms with van der Waals surface area (Å²) in [6, 6.07) is 18.8.